The summed E-state index contributed by atoms with van der Waals surface area (Å²) in [5, 5.41) is 2.56. The summed E-state index contributed by atoms with van der Waals surface area (Å²) >= 11 is 0. The average molecular weight is 479 g/mol. The molecule has 2 aromatic carbocycles. The highest BCUT2D eigenvalue weighted by Crippen LogP contribution is 2.41. The van der Waals surface area contributed by atoms with Crippen LogP contribution in [0.4, 0.5) is 0 Å². The number of ether oxygens (including phenoxy) is 2. The number of hydrogen-bond acceptors (Lipinski definition) is 3. The zero-order valence-electron chi connectivity index (χ0n) is 22.7. The van der Waals surface area contributed by atoms with Crippen LogP contribution in [0.3, 0.4) is 0 Å². The zero-order chi connectivity index (χ0) is 25.1. The van der Waals surface area contributed by atoms with Crippen molar-refractivity contribution in [3.05, 3.63) is 42.0 Å². The normalized spacial score (nSPS) is 27.5. The molecule has 192 valence electrons. The summed E-state index contributed by atoms with van der Waals surface area (Å²) in [5.74, 6) is 2.52. The molecule has 0 atom stereocenters. The molecule has 0 saturated heterocycles. The lowest BCUT2D eigenvalue weighted by atomic mass is 9.70. The van der Waals surface area contributed by atoms with Crippen molar-refractivity contribution in [2.75, 3.05) is 6.61 Å². The Balaban J connectivity index is 1.28. The molecule has 2 aromatic rings. The Morgan fingerprint density at radius 1 is 0.943 bits per heavy atom. The first kappa shape index (κ1) is 26.0. The lowest BCUT2D eigenvalue weighted by Gasteiger charge is -2.37. The minimum Gasteiger partial charge on any atom is -0.490 e. The Morgan fingerprint density at radius 3 is 2.26 bits per heavy atom. The Morgan fingerprint density at radius 2 is 1.60 bits per heavy atom. The van der Waals surface area contributed by atoms with E-state index < -0.39 is 0 Å². The van der Waals surface area contributed by atoms with Crippen LogP contribution in [0.5, 0.6) is 5.75 Å². The van der Waals surface area contributed by atoms with Crippen molar-refractivity contribution in [3.63, 3.8) is 0 Å². The van der Waals surface area contributed by atoms with Gasteiger partial charge in [-0.25, -0.2) is 0 Å². The zero-order valence-corrected chi connectivity index (χ0v) is 22.7. The van der Waals surface area contributed by atoms with E-state index >= 15 is 0 Å². The minimum absolute atomic E-state index is 0.00563. The molecule has 0 spiro atoms. The van der Waals surface area contributed by atoms with Gasteiger partial charge in [0.25, 0.3) is 0 Å². The fourth-order valence-electron chi connectivity index (χ4n) is 6.22. The molecule has 0 aliphatic heterocycles. The highest BCUT2D eigenvalue weighted by atomic mass is 16.5. The van der Waals surface area contributed by atoms with Gasteiger partial charge in [-0.2, -0.15) is 0 Å². The maximum absolute atomic E-state index is 12.3. The van der Waals surface area contributed by atoms with Gasteiger partial charge in [-0.05, 0) is 124 Å². The highest BCUT2D eigenvalue weighted by Gasteiger charge is 2.38. The van der Waals surface area contributed by atoms with Crippen molar-refractivity contribution in [3.8, 4) is 5.75 Å². The van der Waals surface area contributed by atoms with Gasteiger partial charge in [-0.15, -0.1) is 0 Å². The summed E-state index contributed by atoms with van der Waals surface area (Å²) in [6.07, 6.45) is 11.7. The number of hydrogen-bond donors (Lipinski definition) is 0. The third kappa shape index (κ3) is 6.60. The Labute approximate surface area is 213 Å². The third-order valence-electron chi connectivity index (χ3n) is 8.90. The second kappa shape index (κ2) is 10.9. The van der Waals surface area contributed by atoms with Crippen molar-refractivity contribution in [1.82, 2.24) is 0 Å². The van der Waals surface area contributed by atoms with E-state index in [9.17, 15) is 4.79 Å². The highest BCUT2D eigenvalue weighted by molar-refractivity contribution is 5.84. The minimum atomic E-state index is -0.277. The molecule has 0 N–H and O–H groups in total. The topological polar surface area (TPSA) is 35.5 Å². The molecule has 0 aromatic heterocycles. The van der Waals surface area contributed by atoms with E-state index in [-0.39, 0.29) is 11.4 Å². The van der Waals surface area contributed by atoms with Gasteiger partial charge in [-0.3, -0.25) is 4.79 Å². The molecule has 3 heteroatoms. The fraction of sp³-hybridized carbons (Fsp3) is 0.656. The van der Waals surface area contributed by atoms with Crippen molar-refractivity contribution in [1.29, 1.82) is 0 Å². The van der Waals surface area contributed by atoms with Crippen LogP contribution in [-0.2, 0) is 16.0 Å². The first-order valence-corrected chi connectivity index (χ1v) is 14.0. The maximum atomic E-state index is 12.3. The lowest BCUT2D eigenvalue weighted by Crippen LogP contribution is -2.34. The van der Waals surface area contributed by atoms with Gasteiger partial charge in [0.1, 0.15) is 5.75 Å². The van der Waals surface area contributed by atoms with E-state index in [2.05, 4.69) is 64.1 Å². The molecular formula is C32H46O3. The summed E-state index contributed by atoms with van der Waals surface area (Å²) in [4.78, 5) is 12.3. The summed E-state index contributed by atoms with van der Waals surface area (Å²) in [5.41, 5.74) is 1.54. The van der Waals surface area contributed by atoms with Crippen LogP contribution in [0.25, 0.3) is 10.8 Å². The largest absolute Gasteiger partial charge is 0.490 e. The van der Waals surface area contributed by atoms with E-state index in [0.29, 0.717) is 24.0 Å². The molecule has 35 heavy (non-hydrogen) atoms. The van der Waals surface area contributed by atoms with E-state index in [1.54, 1.807) is 0 Å². The second-order valence-corrected chi connectivity index (χ2v) is 12.6. The molecule has 4 rings (SSSR count). The van der Waals surface area contributed by atoms with Gasteiger partial charge in [0, 0.05) is 0 Å². The Kier molecular flexibility index (Phi) is 8.13. The number of carbonyl (C=O) groups excluding carboxylic acids is 1. The number of esters is 1. The molecule has 2 aliphatic carbocycles. The van der Waals surface area contributed by atoms with E-state index in [4.69, 9.17) is 9.47 Å². The molecule has 2 fully saturated rings. The number of carbonyl (C=O) groups is 1. The van der Waals surface area contributed by atoms with Crippen molar-refractivity contribution in [2.45, 2.75) is 105 Å². The molecule has 0 amide bonds. The molecule has 0 radical (unpaired) electrons. The third-order valence-corrected chi connectivity index (χ3v) is 8.90. The van der Waals surface area contributed by atoms with Gasteiger partial charge in [0.05, 0.1) is 18.1 Å². The average Bonchev–Trinajstić information content (AvgIpc) is 2.83. The van der Waals surface area contributed by atoms with Gasteiger partial charge < -0.3 is 9.47 Å². The van der Waals surface area contributed by atoms with Crippen molar-refractivity contribution >= 4 is 16.7 Å². The molecule has 0 heterocycles. The van der Waals surface area contributed by atoms with Crippen LogP contribution in [-0.4, -0.2) is 18.7 Å². The van der Waals surface area contributed by atoms with Gasteiger partial charge >= 0.3 is 5.97 Å². The van der Waals surface area contributed by atoms with Crippen LogP contribution in [0, 0.1) is 22.7 Å². The number of rotatable bonds is 7. The molecule has 0 bridgehead atoms. The lowest BCUT2D eigenvalue weighted by molar-refractivity contribution is -0.156. The first-order chi connectivity index (χ1) is 16.7. The molecule has 2 saturated carbocycles. The quantitative estimate of drug-likeness (QED) is 0.374. The first-order valence-electron chi connectivity index (χ1n) is 14.0. The molecular weight excluding hydrogens is 432 g/mol. The van der Waals surface area contributed by atoms with Crippen molar-refractivity contribution < 1.29 is 14.3 Å². The van der Waals surface area contributed by atoms with Crippen molar-refractivity contribution in [2.24, 2.45) is 22.7 Å². The smallest absolute Gasteiger partial charge is 0.311 e. The predicted octanol–water partition coefficient (Wildman–Crippen LogP) is 8.52. The number of fused-ring (bicyclic) bond motifs is 1. The SMILES string of the molecule is CCOC(=O)C1(C)CCC(CCc2ccc3cc(OC4CCC(C(C)(C)C)CC4)ccc3c2)CC1. The Bertz CT molecular complexity index is 986. The second-order valence-electron chi connectivity index (χ2n) is 12.6. The van der Waals surface area contributed by atoms with E-state index in [1.165, 1.54) is 48.4 Å². The summed E-state index contributed by atoms with van der Waals surface area (Å²) in [6, 6.07) is 13.5. The standard InChI is InChI=1S/C32H46O3/c1-6-34-30(33)32(5)19-17-23(18-20-32)7-8-24-9-10-26-22-29(14-11-25(26)21-24)35-28-15-12-27(13-16-28)31(2,3)4/h9-11,14,21-23,27-28H,6-8,12-13,15-20H2,1-5H3. The monoisotopic (exact) mass is 478 g/mol. The van der Waals surface area contributed by atoms with Crippen LogP contribution >= 0.6 is 0 Å². The van der Waals surface area contributed by atoms with Gasteiger partial charge in [0.15, 0.2) is 0 Å². The molecule has 3 nitrogen and oxygen atoms in total. The van der Waals surface area contributed by atoms with Gasteiger partial charge in [-0.1, -0.05) is 45.0 Å². The van der Waals surface area contributed by atoms with Crippen LogP contribution in [0.2, 0.25) is 0 Å². The van der Waals surface area contributed by atoms with Gasteiger partial charge in [0.2, 0.25) is 0 Å². The fourth-order valence-corrected chi connectivity index (χ4v) is 6.22. The van der Waals surface area contributed by atoms with E-state index in [0.717, 1.165) is 43.8 Å². The molecule has 0 unspecified atom stereocenters. The van der Waals surface area contributed by atoms with Crippen LogP contribution in [0.15, 0.2) is 36.4 Å². The Hall–Kier alpha value is -2.03. The molecule has 2 aliphatic rings. The van der Waals surface area contributed by atoms with E-state index in [1.807, 2.05) is 6.92 Å². The number of benzene rings is 2. The maximum Gasteiger partial charge on any atom is 0.311 e. The summed E-state index contributed by atoms with van der Waals surface area (Å²) < 4.78 is 11.7. The van der Waals surface area contributed by atoms with Crippen LogP contribution in [0.1, 0.15) is 98.0 Å². The van der Waals surface area contributed by atoms with Crippen LogP contribution < -0.4 is 4.74 Å². The predicted molar refractivity (Wildman–Crippen MR) is 145 cm³/mol. The summed E-state index contributed by atoms with van der Waals surface area (Å²) in [6.45, 7) is 11.6. The summed E-state index contributed by atoms with van der Waals surface area (Å²) in [7, 11) is 0. The number of aryl methyl sites for hydroxylation is 1.